The van der Waals surface area contributed by atoms with Gasteiger partial charge >= 0.3 is 0 Å². The van der Waals surface area contributed by atoms with Gasteiger partial charge < -0.3 is 9.84 Å². The first-order valence-corrected chi connectivity index (χ1v) is 7.77. The van der Waals surface area contributed by atoms with Gasteiger partial charge in [-0.15, -0.1) is 0 Å². The summed E-state index contributed by atoms with van der Waals surface area (Å²) in [6.07, 6.45) is 2.67. The molecule has 2 saturated heterocycles. The van der Waals surface area contributed by atoms with Crippen LogP contribution in [0.25, 0.3) is 0 Å². The molecule has 3 nitrogen and oxygen atoms in total. The Morgan fingerprint density at radius 1 is 1.10 bits per heavy atom. The maximum Gasteiger partial charge on any atom is 0.0947 e. The van der Waals surface area contributed by atoms with Gasteiger partial charge in [0.2, 0.25) is 0 Å². The van der Waals surface area contributed by atoms with E-state index in [-0.39, 0.29) is 6.04 Å². The first kappa shape index (κ1) is 14.1. The fourth-order valence-corrected chi connectivity index (χ4v) is 3.72. The first-order chi connectivity index (χ1) is 9.65. The van der Waals surface area contributed by atoms with E-state index in [0.29, 0.717) is 18.1 Å². The second-order valence-electron chi connectivity index (χ2n) is 6.50. The molecule has 0 aliphatic carbocycles. The lowest BCUT2D eigenvalue weighted by atomic mass is 9.91. The lowest BCUT2D eigenvalue weighted by molar-refractivity contribution is -0.0829. The molecule has 3 heteroatoms. The Morgan fingerprint density at radius 3 is 2.25 bits per heavy atom. The number of rotatable bonds is 4. The molecule has 2 fully saturated rings. The van der Waals surface area contributed by atoms with Gasteiger partial charge in [-0.05, 0) is 24.3 Å². The molecule has 20 heavy (non-hydrogen) atoms. The smallest absolute Gasteiger partial charge is 0.0947 e. The normalized spacial score (nSPS) is 29.6. The van der Waals surface area contributed by atoms with Crippen LogP contribution in [0, 0.1) is 5.92 Å². The Hall–Kier alpha value is -0.900. The quantitative estimate of drug-likeness (QED) is 0.917. The van der Waals surface area contributed by atoms with Crippen LogP contribution in [0.2, 0.25) is 0 Å². The van der Waals surface area contributed by atoms with Crippen molar-refractivity contribution in [2.45, 2.75) is 51.0 Å². The van der Waals surface area contributed by atoms with Crippen molar-refractivity contribution in [1.82, 2.24) is 4.90 Å². The van der Waals surface area contributed by atoms with E-state index in [4.69, 9.17) is 4.74 Å². The number of aliphatic hydroxyl groups excluding tert-OH is 1. The van der Waals surface area contributed by atoms with E-state index in [2.05, 4.69) is 18.7 Å². The zero-order valence-electron chi connectivity index (χ0n) is 12.4. The van der Waals surface area contributed by atoms with Gasteiger partial charge in [0.05, 0.1) is 18.3 Å². The zero-order valence-corrected chi connectivity index (χ0v) is 12.4. The maximum atomic E-state index is 10.8. The Kier molecular flexibility index (Phi) is 4.11. The van der Waals surface area contributed by atoms with Gasteiger partial charge in [-0.2, -0.15) is 0 Å². The molecule has 2 heterocycles. The molecule has 0 spiro atoms. The Bertz CT molecular complexity index is 422. The van der Waals surface area contributed by atoms with Crippen LogP contribution >= 0.6 is 0 Å². The summed E-state index contributed by atoms with van der Waals surface area (Å²) in [5.74, 6) is 0.419. The van der Waals surface area contributed by atoms with Crippen LogP contribution < -0.4 is 0 Å². The molecule has 2 aliphatic rings. The van der Waals surface area contributed by atoms with E-state index in [9.17, 15) is 5.11 Å². The number of aliphatic hydroxyl groups is 1. The van der Waals surface area contributed by atoms with Gasteiger partial charge in [0.15, 0.2) is 0 Å². The lowest BCUT2D eigenvalue weighted by Crippen LogP contribution is -2.52. The minimum absolute atomic E-state index is 0.171. The van der Waals surface area contributed by atoms with Crippen LogP contribution in [-0.4, -0.2) is 41.3 Å². The second kappa shape index (κ2) is 5.84. The van der Waals surface area contributed by atoms with E-state index >= 15 is 0 Å². The van der Waals surface area contributed by atoms with Crippen LogP contribution in [0.1, 0.15) is 38.4 Å². The number of fused-ring (bicyclic) bond motifs is 2. The molecule has 2 bridgehead atoms. The highest BCUT2D eigenvalue weighted by Gasteiger charge is 2.39. The van der Waals surface area contributed by atoms with Crippen LogP contribution in [-0.2, 0) is 4.74 Å². The van der Waals surface area contributed by atoms with Crippen LogP contribution in [0.5, 0.6) is 0 Å². The third-order valence-corrected chi connectivity index (χ3v) is 4.64. The lowest BCUT2D eigenvalue weighted by Gasteiger charge is -2.42. The van der Waals surface area contributed by atoms with E-state index in [0.717, 1.165) is 18.7 Å². The summed E-state index contributed by atoms with van der Waals surface area (Å²) >= 11 is 0. The summed E-state index contributed by atoms with van der Waals surface area (Å²) in [6.45, 7) is 6.33. The molecular formula is C17H25NO2. The molecular weight excluding hydrogens is 250 g/mol. The van der Waals surface area contributed by atoms with Gasteiger partial charge in [0.1, 0.15) is 0 Å². The SMILES string of the molecule is CC(C)C(C(O)c1ccccc1)N1CC2CCC(C1)O2. The summed E-state index contributed by atoms with van der Waals surface area (Å²) in [4.78, 5) is 2.45. The fraction of sp³-hybridized carbons (Fsp3) is 0.647. The monoisotopic (exact) mass is 275 g/mol. The number of hydrogen-bond acceptors (Lipinski definition) is 3. The summed E-state index contributed by atoms with van der Waals surface area (Å²) in [5.41, 5.74) is 1.02. The topological polar surface area (TPSA) is 32.7 Å². The maximum absolute atomic E-state index is 10.8. The van der Waals surface area contributed by atoms with Gasteiger partial charge in [0.25, 0.3) is 0 Å². The van der Waals surface area contributed by atoms with Crippen LogP contribution in [0.15, 0.2) is 30.3 Å². The van der Waals surface area contributed by atoms with Crippen molar-refractivity contribution < 1.29 is 9.84 Å². The predicted molar refractivity (Wildman–Crippen MR) is 79.5 cm³/mol. The van der Waals surface area contributed by atoms with Crippen molar-refractivity contribution in [1.29, 1.82) is 0 Å². The highest BCUT2D eigenvalue weighted by molar-refractivity contribution is 5.19. The van der Waals surface area contributed by atoms with E-state index < -0.39 is 6.10 Å². The second-order valence-corrected chi connectivity index (χ2v) is 6.50. The third kappa shape index (κ3) is 2.76. The van der Waals surface area contributed by atoms with E-state index in [1.807, 2.05) is 30.3 Å². The first-order valence-electron chi connectivity index (χ1n) is 7.77. The molecule has 110 valence electrons. The summed E-state index contributed by atoms with van der Waals surface area (Å²) in [6, 6.07) is 10.2. The molecule has 1 aromatic carbocycles. The minimum atomic E-state index is -0.423. The number of benzene rings is 1. The van der Waals surface area contributed by atoms with E-state index in [1.54, 1.807) is 0 Å². The van der Waals surface area contributed by atoms with Crippen LogP contribution in [0.4, 0.5) is 0 Å². The average molecular weight is 275 g/mol. The number of hydrogen-bond donors (Lipinski definition) is 1. The van der Waals surface area contributed by atoms with Crippen molar-refractivity contribution in [2.75, 3.05) is 13.1 Å². The molecule has 0 aromatic heterocycles. The van der Waals surface area contributed by atoms with Crippen molar-refractivity contribution in [2.24, 2.45) is 5.92 Å². The van der Waals surface area contributed by atoms with E-state index in [1.165, 1.54) is 12.8 Å². The number of likely N-dealkylation sites (tertiary alicyclic amines) is 1. The Labute approximate surface area is 121 Å². The molecule has 0 saturated carbocycles. The molecule has 1 N–H and O–H groups in total. The van der Waals surface area contributed by atoms with Crippen LogP contribution in [0.3, 0.4) is 0 Å². The predicted octanol–water partition coefficient (Wildman–Crippen LogP) is 2.61. The largest absolute Gasteiger partial charge is 0.387 e. The minimum Gasteiger partial charge on any atom is -0.387 e. The highest BCUT2D eigenvalue weighted by Crippen LogP contribution is 2.33. The summed E-state index contributed by atoms with van der Waals surface area (Å²) < 4.78 is 5.92. The zero-order chi connectivity index (χ0) is 14.1. The Balaban J connectivity index is 1.79. The van der Waals surface area contributed by atoms with Gasteiger partial charge in [-0.25, -0.2) is 0 Å². The Morgan fingerprint density at radius 2 is 1.70 bits per heavy atom. The third-order valence-electron chi connectivity index (χ3n) is 4.64. The van der Waals surface area contributed by atoms with Gasteiger partial charge in [-0.3, -0.25) is 4.90 Å². The summed E-state index contributed by atoms with van der Waals surface area (Å²) in [5, 5.41) is 10.8. The van der Waals surface area contributed by atoms with Crippen molar-refractivity contribution in [3.8, 4) is 0 Å². The molecule has 0 radical (unpaired) electrons. The standard InChI is InChI=1S/C17H25NO2/c1-12(2)16(17(19)13-6-4-3-5-7-13)18-10-14-8-9-15(11-18)20-14/h3-7,12,14-17,19H,8-11H2,1-2H3. The summed E-state index contributed by atoms with van der Waals surface area (Å²) in [7, 11) is 0. The molecule has 2 aliphatic heterocycles. The molecule has 4 atom stereocenters. The van der Waals surface area contributed by atoms with Crippen molar-refractivity contribution in [3.63, 3.8) is 0 Å². The number of nitrogens with zero attached hydrogens (tertiary/aromatic N) is 1. The van der Waals surface area contributed by atoms with Gasteiger partial charge in [0, 0.05) is 19.1 Å². The fourth-order valence-electron chi connectivity index (χ4n) is 3.72. The highest BCUT2D eigenvalue weighted by atomic mass is 16.5. The number of ether oxygens (including phenoxy) is 1. The van der Waals surface area contributed by atoms with Crippen molar-refractivity contribution in [3.05, 3.63) is 35.9 Å². The number of morpholine rings is 1. The van der Waals surface area contributed by atoms with Gasteiger partial charge in [-0.1, -0.05) is 44.2 Å². The molecule has 3 rings (SSSR count). The molecule has 0 amide bonds. The molecule has 4 unspecified atom stereocenters. The molecule has 1 aromatic rings. The van der Waals surface area contributed by atoms with Crippen molar-refractivity contribution >= 4 is 0 Å². The average Bonchev–Trinajstić information content (AvgIpc) is 2.78.